The van der Waals surface area contributed by atoms with Gasteiger partial charge in [0.1, 0.15) is 6.20 Å². The molecule has 0 N–H and O–H groups in total. The van der Waals surface area contributed by atoms with E-state index in [0.717, 1.165) is 29.2 Å². The van der Waals surface area contributed by atoms with Crippen LogP contribution in [-0.4, -0.2) is 37.5 Å². The highest BCUT2D eigenvalue weighted by Gasteiger charge is 2.28. The van der Waals surface area contributed by atoms with E-state index in [-0.39, 0.29) is 0 Å². The summed E-state index contributed by atoms with van der Waals surface area (Å²) in [6.45, 7) is 3.95. The highest BCUT2D eigenvalue weighted by Crippen LogP contribution is 2.33. The van der Waals surface area contributed by atoms with Gasteiger partial charge in [-0.2, -0.15) is 5.10 Å². The van der Waals surface area contributed by atoms with Gasteiger partial charge in [-0.15, -0.1) is 0 Å². The first-order chi connectivity index (χ1) is 6.48. The molecule has 0 spiro atoms. The Balaban J connectivity index is 2.38. The van der Waals surface area contributed by atoms with Crippen LogP contribution < -0.4 is 9.22 Å². The minimum atomic E-state index is 0.558. The molecular weight excluding hydrogens is 178 g/mol. The van der Waals surface area contributed by atoms with Gasteiger partial charge in [0.15, 0.2) is 0 Å². The summed E-state index contributed by atoms with van der Waals surface area (Å²) in [6.07, 6.45) is 1.91. The van der Waals surface area contributed by atoms with Gasteiger partial charge in [0, 0.05) is 5.92 Å². The van der Waals surface area contributed by atoms with E-state index in [1.165, 1.54) is 0 Å². The smallest absolute Gasteiger partial charge is 0.275 e. The molecule has 0 aliphatic carbocycles. The van der Waals surface area contributed by atoms with Gasteiger partial charge in [-0.1, -0.05) is 6.92 Å². The summed E-state index contributed by atoms with van der Waals surface area (Å²) in [6, 6.07) is 0. The Morgan fingerprint density at radius 2 is 2.21 bits per heavy atom. The summed E-state index contributed by atoms with van der Waals surface area (Å²) in [4.78, 5) is 0. The second kappa shape index (κ2) is 2.98. The number of hydrogen-bond acceptors (Lipinski definition) is 2. The number of hydrogen-bond donors (Lipinski definition) is 0. The normalized spacial score (nSPS) is 21.6. The third-order valence-corrected chi connectivity index (χ3v) is 2.48. The highest BCUT2D eigenvalue weighted by molar-refractivity contribution is 5.49. The van der Waals surface area contributed by atoms with E-state index in [1.54, 1.807) is 0 Å². The molecule has 4 heteroatoms. The van der Waals surface area contributed by atoms with E-state index < -0.39 is 0 Å². The van der Waals surface area contributed by atoms with Gasteiger partial charge >= 0.3 is 0 Å². The van der Waals surface area contributed by atoms with Crippen LogP contribution in [0.2, 0.25) is 0 Å². The summed E-state index contributed by atoms with van der Waals surface area (Å²) >= 11 is 0. The fraction of sp³-hybridized carbons (Fsp3) is 0.700. The summed E-state index contributed by atoms with van der Waals surface area (Å²) < 4.78 is 8.44. The van der Waals surface area contributed by atoms with E-state index in [2.05, 4.69) is 33.2 Å². The maximum Gasteiger partial charge on any atom is 0.275 e. The molecule has 1 unspecified atom stereocenters. The molecule has 0 bridgehead atoms. The Bertz CT molecular complexity index is 338. The Kier molecular flexibility index (Phi) is 2.03. The van der Waals surface area contributed by atoms with E-state index in [9.17, 15) is 0 Å². The zero-order valence-corrected chi connectivity index (χ0v) is 9.32. The number of ether oxygens (including phenoxy) is 1. The Morgan fingerprint density at radius 1 is 1.50 bits per heavy atom. The van der Waals surface area contributed by atoms with Crippen LogP contribution in [-0.2, 0) is 6.54 Å². The van der Waals surface area contributed by atoms with Crippen LogP contribution in [0.15, 0.2) is 6.20 Å². The van der Waals surface area contributed by atoms with Crippen molar-refractivity contribution in [2.75, 3.05) is 27.7 Å². The van der Waals surface area contributed by atoms with Crippen molar-refractivity contribution in [3.8, 4) is 5.88 Å². The highest BCUT2D eigenvalue weighted by atomic mass is 16.5. The molecule has 0 saturated heterocycles. The van der Waals surface area contributed by atoms with E-state index in [4.69, 9.17) is 4.74 Å². The lowest BCUT2D eigenvalue weighted by Crippen LogP contribution is -2.35. The maximum atomic E-state index is 5.72. The molecule has 1 atom stereocenters. The third-order valence-electron chi connectivity index (χ3n) is 2.48. The van der Waals surface area contributed by atoms with Crippen LogP contribution in [0.25, 0.3) is 0 Å². The van der Waals surface area contributed by atoms with Crippen LogP contribution in [0.3, 0.4) is 0 Å². The fourth-order valence-electron chi connectivity index (χ4n) is 1.67. The molecule has 0 fully saturated rings. The summed E-state index contributed by atoms with van der Waals surface area (Å²) in [5, 5.41) is 4.35. The molecule has 1 aliphatic rings. The second-order valence-corrected chi connectivity index (χ2v) is 4.95. The first-order valence-corrected chi connectivity index (χ1v) is 4.99. The van der Waals surface area contributed by atoms with Crippen LogP contribution in [0.4, 0.5) is 5.69 Å². The van der Waals surface area contributed by atoms with Crippen molar-refractivity contribution in [3.63, 3.8) is 0 Å². The standard InChI is InChI=1S/C10H18N3O/c1-8-6-12-10(14-7-8)9(5-11-12)13(2,3)4/h5,8H,6-7H2,1-4H3/q+1. The molecule has 2 heterocycles. The SMILES string of the molecule is CC1COc2c([N+](C)(C)C)cnn2C1. The van der Waals surface area contributed by atoms with Crippen molar-refractivity contribution in [1.82, 2.24) is 14.3 Å². The molecule has 78 valence electrons. The van der Waals surface area contributed by atoms with E-state index in [0.29, 0.717) is 5.92 Å². The monoisotopic (exact) mass is 196 g/mol. The Hall–Kier alpha value is -1.03. The zero-order valence-electron chi connectivity index (χ0n) is 9.32. The summed E-state index contributed by atoms with van der Waals surface area (Å²) in [5.41, 5.74) is 1.15. The van der Waals surface area contributed by atoms with E-state index in [1.807, 2.05) is 10.9 Å². The van der Waals surface area contributed by atoms with Gasteiger partial charge in [0.25, 0.3) is 5.88 Å². The van der Waals surface area contributed by atoms with Gasteiger partial charge in [0.05, 0.1) is 34.3 Å². The number of quaternary nitrogens is 1. The minimum absolute atomic E-state index is 0.558. The molecule has 1 aromatic heterocycles. The zero-order chi connectivity index (χ0) is 10.3. The van der Waals surface area contributed by atoms with Gasteiger partial charge < -0.3 is 4.74 Å². The molecule has 4 nitrogen and oxygen atoms in total. The number of fused-ring (bicyclic) bond motifs is 1. The minimum Gasteiger partial charge on any atom is -0.473 e. The van der Waals surface area contributed by atoms with Crippen LogP contribution in [0, 0.1) is 5.92 Å². The third kappa shape index (κ3) is 1.50. The Morgan fingerprint density at radius 3 is 2.86 bits per heavy atom. The van der Waals surface area contributed by atoms with Crippen LogP contribution >= 0.6 is 0 Å². The summed E-state index contributed by atoms with van der Waals surface area (Å²) in [7, 11) is 6.37. The molecule has 0 aromatic carbocycles. The van der Waals surface area contributed by atoms with Crippen molar-refractivity contribution in [3.05, 3.63) is 6.20 Å². The van der Waals surface area contributed by atoms with Crippen molar-refractivity contribution in [2.24, 2.45) is 5.92 Å². The molecular formula is C10H18N3O+. The van der Waals surface area contributed by atoms with Crippen molar-refractivity contribution >= 4 is 5.69 Å². The van der Waals surface area contributed by atoms with Crippen molar-refractivity contribution < 1.29 is 4.74 Å². The lowest BCUT2D eigenvalue weighted by molar-refractivity contribution is 0.173. The molecule has 2 rings (SSSR count). The average molecular weight is 196 g/mol. The molecule has 0 saturated carbocycles. The van der Waals surface area contributed by atoms with Crippen molar-refractivity contribution in [2.45, 2.75) is 13.5 Å². The quantitative estimate of drug-likeness (QED) is 0.629. The van der Waals surface area contributed by atoms with Crippen LogP contribution in [0.5, 0.6) is 5.88 Å². The Labute approximate surface area is 84.7 Å². The van der Waals surface area contributed by atoms with Crippen LogP contribution in [0.1, 0.15) is 6.92 Å². The number of aromatic nitrogens is 2. The van der Waals surface area contributed by atoms with Crippen molar-refractivity contribution in [1.29, 1.82) is 0 Å². The maximum absolute atomic E-state index is 5.72. The first-order valence-electron chi connectivity index (χ1n) is 4.99. The lowest BCUT2D eigenvalue weighted by Gasteiger charge is -2.26. The number of nitrogens with zero attached hydrogens (tertiary/aromatic N) is 3. The lowest BCUT2D eigenvalue weighted by atomic mass is 10.2. The van der Waals surface area contributed by atoms with Gasteiger partial charge in [-0.25, -0.2) is 4.68 Å². The summed E-state index contributed by atoms with van der Waals surface area (Å²) in [5.74, 6) is 1.50. The molecule has 1 aromatic rings. The van der Waals surface area contributed by atoms with Gasteiger partial charge in [-0.3, -0.25) is 4.48 Å². The largest absolute Gasteiger partial charge is 0.473 e. The molecule has 14 heavy (non-hydrogen) atoms. The average Bonchev–Trinajstić information content (AvgIpc) is 2.45. The topological polar surface area (TPSA) is 27.1 Å². The van der Waals surface area contributed by atoms with Gasteiger partial charge in [0.2, 0.25) is 5.69 Å². The van der Waals surface area contributed by atoms with Gasteiger partial charge in [-0.05, 0) is 0 Å². The fourth-order valence-corrected chi connectivity index (χ4v) is 1.67. The molecule has 0 amide bonds. The second-order valence-electron chi connectivity index (χ2n) is 4.95. The predicted octanol–water partition coefficient (Wildman–Crippen LogP) is 1.11. The molecule has 1 aliphatic heterocycles. The van der Waals surface area contributed by atoms with E-state index >= 15 is 0 Å². The number of rotatable bonds is 1. The predicted molar refractivity (Wildman–Crippen MR) is 56.5 cm³/mol. The molecule has 0 radical (unpaired) electrons. The first kappa shape index (κ1) is 9.52.